The van der Waals surface area contributed by atoms with Gasteiger partial charge in [-0.25, -0.2) is 14.5 Å². The molecule has 5 rings (SSSR count). The van der Waals surface area contributed by atoms with Crippen molar-refractivity contribution in [3.63, 3.8) is 0 Å². The highest BCUT2D eigenvalue weighted by Gasteiger charge is 2.19. The van der Waals surface area contributed by atoms with Gasteiger partial charge in [-0.1, -0.05) is 42.5 Å². The van der Waals surface area contributed by atoms with Crippen LogP contribution in [0.4, 0.5) is 0 Å². The lowest BCUT2D eigenvalue weighted by Crippen LogP contribution is -2.11. The molecular formula is C28H22N4O4. The van der Waals surface area contributed by atoms with Crippen LogP contribution >= 0.6 is 0 Å². The summed E-state index contributed by atoms with van der Waals surface area (Å²) in [5.41, 5.74) is 4.22. The van der Waals surface area contributed by atoms with E-state index in [2.05, 4.69) is 10.1 Å². The Bertz CT molecular complexity index is 1510. The number of nitrogens with zero attached hydrogens (tertiary/aromatic N) is 4. The van der Waals surface area contributed by atoms with Gasteiger partial charge in [0.1, 0.15) is 5.75 Å². The molecule has 0 aliphatic rings. The molecule has 0 saturated carbocycles. The van der Waals surface area contributed by atoms with Crippen molar-refractivity contribution in [2.45, 2.75) is 13.0 Å². The Labute approximate surface area is 207 Å². The van der Waals surface area contributed by atoms with Gasteiger partial charge < -0.3 is 9.47 Å². The second-order valence-electron chi connectivity index (χ2n) is 8.10. The summed E-state index contributed by atoms with van der Waals surface area (Å²) in [6, 6.07) is 21.9. The Morgan fingerprint density at radius 2 is 1.67 bits per heavy atom. The first kappa shape index (κ1) is 22.9. The van der Waals surface area contributed by atoms with Crippen LogP contribution in [0, 0.1) is 0 Å². The van der Waals surface area contributed by atoms with E-state index in [1.807, 2.05) is 42.5 Å². The largest absolute Gasteiger partial charge is 0.469 e. The van der Waals surface area contributed by atoms with Crippen molar-refractivity contribution in [1.29, 1.82) is 0 Å². The van der Waals surface area contributed by atoms with E-state index in [1.165, 1.54) is 7.11 Å². The second kappa shape index (κ2) is 10.2. The third kappa shape index (κ3) is 4.97. The molecule has 8 heteroatoms. The van der Waals surface area contributed by atoms with Crippen LogP contribution in [-0.4, -0.2) is 38.8 Å². The number of fused-ring (bicyclic) bond motifs is 1. The molecule has 5 aromatic rings. The lowest BCUT2D eigenvalue weighted by molar-refractivity contribution is -0.139. The Hall–Kier alpha value is -4.85. The minimum atomic E-state index is -0.524. The van der Waals surface area contributed by atoms with Gasteiger partial charge in [-0.3, -0.25) is 9.78 Å². The molecule has 0 N–H and O–H groups in total. The molecule has 3 aromatic heterocycles. The standard InChI is InChI=1S/C28H22N4O4/c1-35-26(33)15-19-7-9-22(10-8-19)36-28(34)23-16-25(21-5-3-2-4-6-21)31-27-24(23)17-30-32(27)18-20-11-13-29-14-12-20/h2-14,16-17H,15,18H2,1H3. The van der Waals surface area contributed by atoms with Gasteiger partial charge in [0.2, 0.25) is 0 Å². The third-order valence-corrected chi connectivity index (χ3v) is 5.69. The van der Waals surface area contributed by atoms with Crippen molar-refractivity contribution in [2.24, 2.45) is 0 Å². The molecule has 0 aliphatic carbocycles. The van der Waals surface area contributed by atoms with E-state index in [1.54, 1.807) is 53.6 Å². The van der Waals surface area contributed by atoms with Crippen molar-refractivity contribution in [3.05, 3.63) is 108 Å². The molecule has 0 radical (unpaired) electrons. The molecule has 2 aromatic carbocycles. The Balaban J connectivity index is 1.50. The first-order valence-corrected chi connectivity index (χ1v) is 11.3. The topological polar surface area (TPSA) is 96.2 Å². The molecule has 0 unspecified atom stereocenters. The number of esters is 2. The number of pyridine rings is 2. The van der Waals surface area contributed by atoms with Gasteiger partial charge in [0.05, 0.1) is 42.9 Å². The van der Waals surface area contributed by atoms with Gasteiger partial charge in [-0.15, -0.1) is 0 Å². The zero-order chi connectivity index (χ0) is 24.9. The van der Waals surface area contributed by atoms with Crippen LogP contribution in [0.1, 0.15) is 21.5 Å². The first-order valence-electron chi connectivity index (χ1n) is 11.3. The number of aromatic nitrogens is 4. The van der Waals surface area contributed by atoms with Gasteiger partial charge in [0.25, 0.3) is 0 Å². The predicted molar refractivity (Wildman–Crippen MR) is 133 cm³/mol. The summed E-state index contributed by atoms with van der Waals surface area (Å²) in [6.45, 7) is 0.480. The highest BCUT2D eigenvalue weighted by atomic mass is 16.5. The lowest BCUT2D eigenvalue weighted by Gasteiger charge is -2.10. The van der Waals surface area contributed by atoms with Crippen molar-refractivity contribution >= 4 is 23.0 Å². The van der Waals surface area contributed by atoms with Gasteiger partial charge in [0, 0.05) is 18.0 Å². The molecule has 0 aliphatic heterocycles. The van der Waals surface area contributed by atoms with Crippen molar-refractivity contribution < 1.29 is 19.1 Å². The first-order chi connectivity index (χ1) is 17.6. The van der Waals surface area contributed by atoms with Gasteiger partial charge in [0.15, 0.2) is 5.65 Å². The average Bonchev–Trinajstić information content (AvgIpc) is 3.32. The number of benzene rings is 2. The van der Waals surface area contributed by atoms with Crippen molar-refractivity contribution in [2.75, 3.05) is 7.11 Å². The molecule has 0 atom stereocenters. The fourth-order valence-corrected chi connectivity index (χ4v) is 3.83. The minimum absolute atomic E-state index is 0.146. The van der Waals surface area contributed by atoms with Crippen LogP contribution in [0.3, 0.4) is 0 Å². The fourth-order valence-electron chi connectivity index (χ4n) is 3.83. The van der Waals surface area contributed by atoms with E-state index in [4.69, 9.17) is 14.5 Å². The van der Waals surface area contributed by atoms with E-state index in [0.29, 0.717) is 34.6 Å². The highest BCUT2D eigenvalue weighted by molar-refractivity contribution is 6.04. The maximum absolute atomic E-state index is 13.3. The molecule has 0 amide bonds. The normalized spacial score (nSPS) is 10.8. The van der Waals surface area contributed by atoms with Crippen molar-refractivity contribution in [1.82, 2.24) is 19.7 Å². The van der Waals surface area contributed by atoms with E-state index < -0.39 is 5.97 Å². The molecule has 36 heavy (non-hydrogen) atoms. The molecule has 3 heterocycles. The summed E-state index contributed by atoms with van der Waals surface area (Å²) in [6.07, 6.45) is 5.23. The molecule has 0 fully saturated rings. The van der Waals surface area contributed by atoms with Crippen LogP contribution < -0.4 is 4.74 Å². The van der Waals surface area contributed by atoms with Crippen LogP contribution in [0.2, 0.25) is 0 Å². The molecule has 0 bridgehead atoms. The Morgan fingerprint density at radius 3 is 2.39 bits per heavy atom. The molecule has 0 spiro atoms. The summed E-state index contributed by atoms with van der Waals surface area (Å²) >= 11 is 0. The van der Waals surface area contributed by atoms with Gasteiger partial charge in [-0.05, 0) is 41.5 Å². The van der Waals surface area contributed by atoms with Crippen molar-refractivity contribution in [3.8, 4) is 17.0 Å². The number of hydrogen-bond acceptors (Lipinski definition) is 7. The van der Waals surface area contributed by atoms with Crippen LogP contribution in [0.25, 0.3) is 22.3 Å². The SMILES string of the molecule is COC(=O)Cc1ccc(OC(=O)c2cc(-c3ccccc3)nc3c2cnn3Cc2ccncc2)cc1. The predicted octanol–water partition coefficient (Wildman–Crippen LogP) is 4.48. The zero-order valence-corrected chi connectivity index (χ0v) is 19.5. The maximum Gasteiger partial charge on any atom is 0.344 e. The maximum atomic E-state index is 13.3. The fraction of sp³-hybridized carbons (Fsp3) is 0.107. The van der Waals surface area contributed by atoms with E-state index >= 15 is 0 Å². The monoisotopic (exact) mass is 478 g/mol. The number of carbonyl (C=O) groups is 2. The van der Waals surface area contributed by atoms with E-state index in [0.717, 1.165) is 16.7 Å². The summed E-state index contributed by atoms with van der Waals surface area (Å²) in [5, 5.41) is 5.10. The molecule has 8 nitrogen and oxygen atoms in total. The van der Waals surface area contributed by atoms with E-state index in [-0.39, 0.29) is 12.4 Å². The highest BCUT2D eigenvalue weighted by Crippen LogP contribution is 2.26. The number of hydrogen-bond donors (Lipinski definition) is 0. The van der Waals surface area contributed by atoms with Crippen LogP contribution in [0.5, 0.6) is 5.75 Å². The minimum Gasteiger partial charge on any atom is -0.469 e. The third-order valence-electron chi connectivity index (χ3n) is 5.69. The van der Waals surface area contributed by atoms with Gasteiger partial charge in [-0.2, -0.15) is 5.10 Å². The average molecular weight is 479 g/mol. The number of rotatable bonds is 7. The molecule has 0 saturated heterocycles. The number of carbonyl (C=O) groups excluding carboxylic acids is 2. The summed E-state index contributed by atoms with van der Waals surface area (Å²) < 4.78 is 12.1. The second-order valence-corrected chi connectivity index (χ2v) is 8.10. The zero-order valence-electron chi connectivity index (χ0n) is 19.5. The Morgan fingerprint density at radius 1 is 0.917 bits per heavy atom. The van der Waals surface area contributed by atoms with Crippen LogP contribution in [0.15, 0.2) is 91.4 Å². The summed E-state index contributed by atoms with van der Waals surface area (Å²) in [4.78, 5) is 33.7. The smallest absolute Gasteiger partial charge is 0.344 e. The number of methoxy groups -OCH3 is 1. The molecule has 178 valence electrons. The van der Waals surface area contributed by atoms with E-state index in [9.17, 15) is 9.59 Å². The van der Waals surface area contributed by atoms with Gasteiger partial charge >= 0.3 is 11.9 Å². The number of ether oxygens (including phenoxy) is 2. The quantitative estimate of drug-likeness (QED) is 0.251. The summed E-state index contributed by atoms with van der Waals surface area (Å²) in [7, 11) is 1.34. The Kier molecular flexibility index (Phi) is 6.48. The summed E-state index contributed by atoms with van der Waals surface area (Å²) in [5.74, 6) is -0.496. The molecular weight excluding hydrogens is 456 g/mol. The lowest BCUT2D eigenvalue weighted by atomic mass is 10.1. The van der Waals surface area contributed by atoms with Crippen LogP contribution in [-0.2, 0) is 22.5 Å².